The Morgan fingerprint density at radius 1 is 1.47 bits per heavy atom. The zero-order valence-electron chi connectivity index (χ0n) is 11.4. The molecule has 1 fully saturated rings. The third-order valence-electron chi connectivity index (χ3n) is 3.06. The van der Waals surface area contributed by atoms with Crippen LogP contribution < -0.4 is 5.32 Å². The standard InChI is InChI=1S/C13H20IN3O2/c1-3-5-15-13-11(14)10(8-18-2)16-12(17-13)9-4-6-19-7-9/h9H,3-8H2,1-2H3,(H,15,16,17). The van der Waals surface area contributed by atoms with Gasteiger partial charge in [-0.3, -0.25) is 0 Å². The molecule has 0 radical (unpaired) electrons. The van der Waals surface area contributed by atoms with Gasteiger partial charge in [0.15, 0.2) is 0 Å². The van der Waals surface area contributed by atoms with E-state index in [2.05, 4.69) is 44.8 Å². The lowest BCUT2D eigenvalue weighted by molar-refractivity contribution is 0.179. The molecule has 1 aliphatic heterocycles. The summed E-state index contributed by atoms with van der Waals surface area (Å²) in [6.45, 7) is 5.10. The number of halogens is 1. The second-order valence-electron chi connectivity index (χ2n) is 4.61. The molecule has 2 rings (SSSR count). The van der Waals surface area contributed by atoms with Gasteiger partial charge in [-0.25, -0.2) is 9.97 Å². The molecule has 1 aliphatic rings. The Kier molecular flexibility index (Phi) is 5.77. The lowest BCUT2D eigenvalue weighted by Gasteiger charge is -2.14. The van der Waals surface area contributed by atoms with Crippen molar-refractivity contribution >= 4 is 28.4 Å². The fourth-order valence-corrected chi connectivity index (χ4v) is 2.61. The van der Waals surface area contributed by atoms with E-state index in [-0.39, 0.29) is 0 Å². The minimum atomic E-state index is 0.315. The summed E-state index contributed by atoms with van der Waals surface area (Å²) in [7, 11) is 1.69. The Hall–Kier alpha value is -0.470. The van der Waals surface area contributed by atoms with Gasteiger partial charge in [0.25, 0.3) is 0 Å². The Bertz CT molecular complexity index is 423. The van der Waals surface area contributed by atoms with Crippen LogP contribution in [0.25, 0.3) is 0 Å². The number of hydrogen-bond acceptors (Lipinski definition) is 5. The van der Waals surface area contributed by atoms with E-state index in [0.717, 1.165) is 53.5 Å². The van der Waals surface area contributed by atoms with Gasteiger partial charge in [0.05, 0.1) is 22.5 Å². The van der Waals surface area contributed by atoms with Crippen LogP contribution in [-0.4, -0.2) is 36.8 Å². The van der Waals surface area contributed by atoms with Crippen LogP contribution in [0.15, 0.2) is 0 Å². The lowest BCUT2D eigenvalue weighted by atomic mass is 10.1. The second-order valence-corrected chi connectivity index (χ2v) is 5.69. The molecule has 0 saturated carbocycles. The predicted molar refractivity (Wildman–Crippen MR) is 82.4 cm³/mol. The van der Waals surface area contributed by atoms with E-state index < -0.39 is 0 Å². The first-order valence-electron chi connectivity index (χ1n) is 6.63. The molecular weight excluding hydrogens is 357 g/mol. The van der Waals surface area contributed by atoms with Gasteiger partial charge in [0.1, 0.15) is 11.6 Å². The van der Waals surface area contributed by atoms with Gasteiger partial charge in [-0.15, -0.1) is 0 Å². The Morgan fingerprint density at radius 2 is 2.32 bits per heavy atom. The Morgan fingerprint density at radius 3 is 2.95 bits per heavy atom. The molecule has 1 saturated heterocycles. The highest BCUT2D eigenvalue weighted by Gasteiger charge is 2.23. The second kappa shape index (κ2) is 7.35. The lowest BCUT2D eigenvalue weighted by Crippen LogP contribution is -2.14. The molecule has 1 aromatic rings. The number of ether oxygens (including phenoxy) is 2. The maximum Gasteiger partial charge on any atom is 0.143 e. The molecule has 6 heteroatoms. The van der Waals surface area contributed by atoms with Crippen LogP contribution in [0, 0.1) is 3.57 Å². The van der Waals surface area contributed by atoms with Crippen LogP contribution >= 0.6 is 22.6 Å². The minimum absolute atomic E-state index is 0.315. The summed E-state index contributed by atoms with van der Waals surface area (Å²) in [4.78, 5) is 9.32. The Balaban J connectivity index is 2.29. The molecule has 0 aliphatic carbocycles. The van der Waals surface area contributed by atoms with E-state index in [1.165, 1.54) is 0 Å². The molecule has 19 heavy (non-hydrogen) atoms. The average Bonchev–Trinajstić information content (AvgIpc) is 2.94. The zero-order valence-corrected chi connectivity index (χ0v) is 13.6. The van der Waals surface area contributed by atoms with Crippen molar-refractivity contribution in [2.75, 3.05) is 32.2 Å². The molecular formula is C13H20IN3O2. The molecule has 0 spiro atoms. The highest BCUT2D eigenvalue weighted by molar-refractivity contribution is 14.1. The van der Waals surface area contributed by atoms with Gasteiger partial charge in [0.2, 0.25) is 0 Å². The van der Waals surface area contributed by atoms with Gasteiger partial charge < -0.3 is 14.8 Å². The van der Waals surface area contributed by atoms with Crippen LogP contribution in [0.3, 0.4) is 0 Å². The van der Waals surface area contributed by atoms with Crippen LogP contribution in [-0.2, 0) is 16.1 Å². The third kappa shape index (κ3) is 3.76. The average molecular weight is 377 g/mol. The summed E-state index contributed by atoms with van der Waals surface area (Å²) in [5.41, 5.74) is 0.957. The largest absolute Gasteiger partial charge is 0.381 e. The number of nitrogens with zero attached hydrogens (tertiary/aromatic N) is 2. The summed E-state index contributed by atoms with van der Waals surface area (Å²) in [6.07, 6.45) is 2.07. The molecule has 1 unspecified atom stereocenters. The van der Waals surface area contributed by atoms with Crippen molar-refractivity contribution in [3.63, 3.8) is 0 Å². The van der Waals surface area contributed by atoms with Crippen molar-refractivity contribution in [2.24, 2.45) is 0 Å². The number of nitrogens with one attached hydrogen (secondary N) is 1. The van der Waals surface area contributed by atoms with Crippen LogP contribution in [0.1, 0.15) is 37.2 Å². The van der Waals surface area contributed by atoms with Crippen molar-refractivity contribution in [3.8, 4) is 0 Å². The van der Waals surface area contributed by atoms with Gasteiger partial charge in [-0.1, -0.05) is 6.92 Å². The number of hydrogen-bond donors (Lipinski definition) is 1. The van der Waals surface area contributed by atoms with Crippen molar-refractivity contribution in [3.05, 3.63) is 15.1 Å². The highest BCUT2D eigenvalue weighted by Crippen LogP contribution is 2.27. The van der Waals surface area contributed by atoms with Crippen molar-refractivity contribution in [2.45, 2.75) is 32.3 Å². The first-order chi connectivity index (χ1) is 9.26. The van der Waals surface area contributed by atoms with E-state index in [1.54, 1.807) is 7.11 Å². The molecule has 106 valence electrons. The molecule has 1 atom stereocenters. The number of rotatable bonds is 6. The minimum Gasteiger partial charge on any atom is -0.381 e. The first-order valence-corrected chi connectivity index (χ1v) is 7.71. The number of methoxy groups -OCH3 is 1. The fraction of sp³-hybridized carbons (Fsp3) is 0.692. The fourth-order valence-electron chi connectivity index (χ4n) is 2.03. The smallest absolute Gasteiger partial charge is 0.143 e. The van der Waals surface area contributed by atoms with Crippen molar-refractivity contribution < 1.29 is 9.47 Å². The normalized spacial score (nSPS) is 18.8. The Labute approximate surface area is 127 Å². The van der Waals surface area contributed by atoms with E-state index in [1.807, 2.05) is 0 Å². The summed E-state index contributed by atoms with van der Waals surface area (Å²) in [6, 6.07) is 0. The number of anilines is 1. The van der Waals surface area contributed by atoms with Gasteiger partial charge in [-0.05, 0) is 35.4 Å². The molecule has 5 nitrogen and oxygen atoms in total. The van der Waals surface area contributed by atoms with Crippen LogP contribution in [0.4, 0.5) is 5.82 Å². The summed E-state index contributed by atoms with van der Waals surface area (Å²) in [5, 5.41) is 3.37. The van der Waals surface area contributed by atoms with E-state index in [0.29, 0.717) is 12.5 Å². The summed E-state index contributed by atoms with van der Waals surface area (Å²) >= 11 is 2.29. The maximum absolute atomic E-state index is 5.43. The third-order valence-corrected chi connectivity index (χ3v) is 4.19. The van der Waals surface area contributed by atoms with E-state index in [9.17, 15) is 0 Å². The van der Waals surface area contributed by atoms with Crippen LogP contribution in [0.5, 0.6) is 0 Å². The monoisotopic (exact) mass is 377 g/mol. The van der Waals surface area contributed by atoms with Gasteiger partial charge in [0, 0.05) is 26.2 Å². The molecule has 0 aromatic carbocycles. The van der Waals surface area contributed by atoms with Crippen LogP contribution in [0.2, 0.25) is 0 Å². The summed E-state index contributed by atoms with van der Waals surface area (Å²) < 4.78 is 11.7. The molecule has 0 amide bonds. The summed E-state index contributed by atoms with van der Waals surface area (Å²) in [5.74, 6) is 2.12. The number of aromatic nitrogens is 2. The zero-order chi connectivity index (χ0) is 13.7. The quantitative estimate of drug-likeness (QED) is 0.773. The van der Waals surface area contributed by atoms with E-state index >= 15 is 0 Å². The maximum atomic E-state index is 5.43. The van der Waals surface area contributed by atoms with Crippen molar-refractivity contribution in [1.29, 1.82) is 0 Å². The molecule has 1 N–H and O–H groups in total. The van der Waals surface area contributed by atoms with Crippen molar-refractivity contribution in [1.82, 2.24) is 9.97 Å². The highest BCUT2D eigenvalue weighted by atomic mass is 127. The molecule has 0 bridgehead atoms. The topological polar surface area (TPSA) is 56.3 Å². The van der Waals surface area contributed by atoms with E-state index in [4.69, 9.17) is 9.47 Å². The first kappa shape index (κ1) is 14.9. The van der Waals surface area contributed by atoms with Gasteiger partial charge >= 0.3 is 0 Å². The predicted octanol–water partition coefficient (Wildman–Crippen LogP) is 2.55. The van der Waals surface area contributed by atoms with Gasteiger partial charge in [-0.2, -0.15) is 0 Å². The SMILES string of the molecule is CCCNc1nc(C2CCOC2)nc(COC)c1I. The molecule has 1 aromatic heterocycles. The molecule has 2 heterocycles.